The molecule has 2 amide bonds. The van der Waals surface area contributed by atoms with Crippen LogP contribution in [0.5, 0.6) is 0 Å². The number of aliphatic carboxylic acids is 1. The van der Waals surface area contributed by atoms with E-state index in [9.17, 15) is 49.3 Å². The smallest absolute Gasteiger partial charge is 0.408 e. The number of hydrogen-bond acceptors (Lipinski definition) is 12. The minimum Gasteiger partial charge on any atom is -0.481 e. The Hall–Kier alpha value is -5.06. The maximum Gasteiger partial charge on any atom is 0.408 e. The second-order valence-electron chi connectivity index (χ2n) is 8.52. The lowest BCUT2D eigenvalue weighted by molar-refractivity contribution is -0.385. The van der Waals surface area contributed by atoms with Crippen LogP contribution in [-0.4, -0.2) is 67.8 Å². The summed E-state index contributed by atoms with van der Waals surface area (Å²) < 4.78 is 9.96. The molecule has 3 rings (SSSR count). The molecular formula is C24H22N4O12S. The van der Waals surface area contributed by atoms with Gasteiger partial charge in [-0.05, 0) is 35.4 Å². The molecule has 1 saturated heterocycles. The van der Waals surface area contributed by atoms with Crippen molar-refractivity contribution in [3.63, 3.8) is 0 Å². The molecule has 0 bridgehead atoms. The van der Waals surface area contributed by atoms with Gasteiger partial charge in [0, 0.05) is 30.0 Å². The van der Waals surface area contributed by atoms with Gasteiger partial charge < -0.3 is 25.2 Å². The summed E-state index contributed by atoms with van der Waals surface area (Å²) in [7, 11) is 0. The Morgan fingerprint density at radius 3 is 1.90 bits per heavy atom. The zero-order valence-corrected chi connectivity index (χ0v) is 21.7. The van der Waals surface area contributed by atoms with Crippen molar-refractivity contribution in [2.24, 2.45) is 0 Å². The summed E-state index contributed by atoms with van der Waals surface area (Å²) in [6.45, 7) is -0.603. The standard InChI is InChI=1S/C24H22N4O12S/c29-19(30)9-18(21(31)23(33)39-10-13-1-5-15(6-2-13)27(35)36)41-12-17-20(22(32)25-17)26-24(34)40-11-14-3-7-16(8-4-14)28(37)38/h1-8,17-18,20H,9-12H2,(H,25,32)(H,26,34)(H,29,30)/t17-,18?,20+/m1/s1. The third kappa shape index (κ3) is 8.72. The van der Waals surface area contributed by atoms with E-state index in [0.717, 1.165) is 11.8 Å². The first-order valence-corrected chi connectivity index (χ1v) is 12.7. The molecule has 0 radical (unpaired) electrons. The van der Waals surface area contributed by atoms with E-state index in [4.69, 9.17) is 9.47 Å². The number of nitrogens with zero attached hydrogens (tertiary/aromatic N) is 2. The number of carbonyl (C=O) groups excluding carboxylic acids is 4. The lowest BCUT2D eigenvalue weighted by atomic mass is 10.0. The number of rotatable bonds is 14. The first-order valence-electron chi connectivity index (χ1n) is 11.7. The molecule has 3 atom stereocenters. The average Bonchev–Trinajstić information content (AvgIpc) is 2.94. The molecule has 3 N–H and O–H groups in total. The van der Waals surface area contributed by atoms with Gasteiger partial charge in [-0.25, -0.2) is 9.59 Å². The predicted molar refractivity (Wildman–Crippen MR) is 139 cm³/mol. The topological polar surface area (TPSA) is 234 Å². The van der Waals surface area contributed by atoms with Gasteiger partial charge in [0.25, 0.3) is 17.2 Å². The van der Waals surface area contributed by atoms with Crippen LogP contribution in [0.1, 0.15) is 17.5 Å². The second kappa shape index (κ2) is 13.8. The van der Waals surface area contributed by atoms with E-state index in [2.05, 4.69) is 10.6 Å². The van der Waals surface area contributed by atoms with Gasteiger partial charge in [0.1, 0.15) is 19.3 Å². The molecule has 16 nitrogen and oxygen atoms in total. The van der Waals surface area contributed by atoms with Gasteiger partial charge in [-0.1, -0.05) is 0 Å². The fraction of sp³-hybridized carbons (Fsp3) is 0.292. The number of amides is 2. The lowest BCUT2D eigenvalue weighted by Crippen LogP contribution is -2.70. The zero-order chi connectivity index (χ0) is 30.1. The molecule has 2 aromatic carbocycles. The summed E-state index contributed by atoms with van der Waals surface area (Å²) in [6, 6.07) is 8.57. The highest BCUT2D eigenvalue weighted by Crippen LogP contribution is 2.22. The van der Waals surface area contributed by atoms with Crippen LogP contribution in [-0.2, 0) is 41.9 Å². The number of alkyl carbamates (subject to hydrolysis) is 1. The highest BCUT2D eigenvalue weighted by atomic mass is 32.2. The number of ketones is 1. The molecule has 0 aromatic heterocycles. The molecule has 216 valence electrons. The van der Waals surface area contributed by atoms with Crippen molar-refractivity contribution >= 4 is 52.9 Å². The first kappa shape index (κ1) is 30.5. The quantitative estimate of drug-likeness (QED) is 0.0931. The maximum atomic E-state index is 12.6. The van der Waals surface area contributed by atoms with Gasteiger partial charge in [-0.3, -0.25) is 34.6 Å². The largest absolute Gasteiger partial charge is 0.481 e. The summed E-state index contributed by atoms with van der Waals surface area (Å²) in [4.78, 5) is 80.5. The molecule has 0 saturated carbocycles. The number of ether oxygens (including phenoxy) is 2. The third-order valence-electron chi connectivity index (χ3n) is 5.65. The second-order valence-corrected chi connectivity index (χ2v) is 9.76. The normalized spacial score (nSPS) is 16.3. The predicted octanol–water partition coefficient (Wildman–Crippen LogP) is 1.49. The fourth-order valence-electron chi connectivity index (χ4n) is 3.45. The van der Waals surface area contributed by atoms with Crippen LogP contribution >= 0.6 is 11.8 Å². The number of carboxylic acids is 1. The highest BCUT2D eigenvalue weighted by Gasteiger charge is 2.42. The fourth-order valence-corrected chi connectivity index (χ4v) is 4.67. The van der Waals surface area contributed by atoms with Crippen molar-refractivity contribution < 1.29 is 48.4 Å². The number of carbonyl (C=O) groups is 5. The summed E-state index contributed by atoms with van der Waals surface area (Å²) in [5.74, 6) is -4.38. The van der Waals surface area contributed by atoms with Crippen molar-refractivity contribution in [2.75, 3.05) is 5.75 Å². The van der Waals surface area contributed by atoms with Crippen molar-refractivity contribution in [2.45, 2.75) is 37.0 Å². The Balaban J connectivity index is 1.49. The molecular weight excluding hydrogens is 568 g/mol. The number of Topliss-reactive ketones (excluding diaryl/α,β-unsaturated/α-hetero) is 1. The zero-order valence-electron chi connectivity index (χ0n) is 20.9. The van der Waals surface area contributed by atoms with E-state index < -0.39 is 63.3 Å². The van der Waals surface area contributed by atoms with Gasteiger partial charge in [-0.2, -0.15) is 0 Å². The lowest BCUT2D eigenvalue weighted by Gasteiger charge is -2.37. The van der Waals surface area contributed by atoms with Crippen LogP contribution in [0.4, 0.5) is 16.2 Å². The minimum absolute atomic E-state index is 0.0433. The van der Waals surface area contributed by atoms with Gasteiger partial charge in [-0.15, -0.1) is 11.8 Å². The molecule has 1 unspecified atom stereocenters. The number of thioether (sulfide) groups is 1. The minimum atomic E-state index is -1.36. The first-order chi connectivity index (χ1) is 19.4. The monoisotopic (exact) mass is 590 g/mol. The van der Waals surface area contributed by atoms with Crippen molar-refractivity contribution in [1.82, 2.24) is 10.6 Å². The number of nitrogens with one attached hydrogen (secondary N) is 2. The molecule has 17 heteroatoms. The Labute approximate surface area is 234 Å². The number of carboxylic acid groups (broad SMARTS) is 1. The van der Waals surface area contributed by atoms with Gasteiger partial charge in [0.15, 0.2) is 0 Å². The van der Waals surface area contributed by atoms with Crippen molar-refractivity contribution in [3.8, 4) is 0 Å². The van der Waals surface area contributed by atoms with E-state index in [1.165, 1.54) is 48.5 Å². The molecule has 2 aromatic rings. The Kier molecular flexibility index (Phi) is 10.3. The van der Waals surface area contributed by atoms with E-state index in [1.54, 1.807) is 0 Å². The van der Waals surface area contributed by atoms with Crippen LogP contribution < -0.4 is 10.6 Å². The van der Waals surface area contributed by atoms with Gasteiger partial charge in [0.2, 0.25) is 5.91 Å². The maximum absolute atomic E-state index is 12.6. The summed E-state index contributed by atoms with van der Waals surface area (Å²) in [5, 5.41) is 34.1. The summed E-state index contributed by atoms with van der Waals surface area (Å²) >= 11 is 0.776. The third-order valence-corrected chi connectivity index (χ3v) is 6.99. The SMILES string of the molecule is O=C(O)CC(SC[C@H]1NC(=O)[C@H]1NC(=O)OCc1ccc([N+](=O)[O-])cc1)C(=O)C(=O)OCc1ccc([N+](=O)[O-])cc1. The van der Waals surface area contributed by atoms with E-state index >= 15 is 0 Å². The van der Waals surface area contributed by atoms with Crippen LogP contribution in [0, 0.1) is 20.2 Å². The van der Waals surface area contributed by atoms with E-state index in [-0.39, 0.29) is 30.3 Å². The Morgan fingerprint density at radius 1 is 0.927 bits per heavy atom. The highest BCUT2D eigenvalue weighted by molar-refractivity contribution is 8.00. The number of nitro groups is 2. The van der Waals surface area contributed by atoms with Crippen LogP contribution in [0.25, 0.3) is 0 Å². The average molecular weight is 591 g/mol. The number of hydrogen-bond donors (Lipinski definition) is 3. The van der Waals surface area contributed by atoms with E-state index in [0.29, 0.717) is 11.1 Å². The molecule has 1 heterocycles. The Bertz CT molecular complexity index is 1350. The number of β-lactam (4-membered cyclic amide) rings is 1. The molecule has 0 aliphatic carbocycles. The number of esters is 1. The van der Waals surface area contributed by atoms with Crippen molar-refractivity contribution in [1.29, 1.82) is 0 Å². The van der Waals surface area contributed by atoms with Crippen LogP contribution in [0.3, 0.4) is 0 Å². The van der Waals surface area contributed by atoms with Gasteiger partial charge in [0.05, 0.1) is 27.6 Å². The molecule has 1 aliphatic rings. The molecule has 41 heavy (non-hydrogen) atoms. The molecule has 0 spiro atoms. The van der Waals surface area contributed by atoms with E-state index in [1.807, 2.05) is 0 Å². The number of nitro benzene ring substituents is 2. The van der Waals surface area contributed by atoms with Crippen LogP contribution in [0.15, 0.2) is 48.5 Å². The Morgan fingerprint density at radius 2 is 1.44 bits per heavy atom. The number of non-ortho nitro benzene ring substituents is 2. The number of benzene rings is 2. The molecule has 1 fully saturated rings. The van der Waals surface area contributed by atoms with Gasteiger partial charge >= 0.3 is 18.0 Å². The summed E-state index contributed by atoms with van der Waals surface area (Å²) in [6.07, 6.45) is -1.67. The van der Waals surface area contributed by atoms with Crippen molar-refractivity contribution in [3.05, 3.63) is 79.9 Å². The summed E-state index contributed by atoms with van der Waals surface area (Å²) in [5.41, 5.74) is 0.516. The molecule has 1 aliphatic heterocycles. The van der Waals surface area contributed by atoms with Crippen LogP contribution in [0.2, 0.25) is 0 Å².